The molecule has 1 spiro atoms. The minimum Gasteiger partial charge on any atom is -0.491 e. The number of nitrogens with one attached hydrogen (secondary N) is 3. The van der Waals surface area contributed by atoms with Crippen molar-refractivity contribution in [3.63, 3.8) is 0 Å². The molecule has 13 nitrogen and oxygen atoms in total. The van der Waals surface area contributed by atoms with Crippen molar-refractivity contribution in [2.75, 3.05) is 39.9 Å². The summed E-state index contributed by atoms with van der Waals surface area (Å²) in [5, 5.41) is 21.3. The van der Waals surface area contributed by atoms with Gasteiger partial charge < -0.3 is 19.9 Å². The van der Waals surface area contributed by atoms with Crippen LogP contribution < -0.4 is 14.8 Å². The number of nitrogens with zero attached hydrogens (tertiary/aromatic N) is 3. The zero-order valence-corrected chi connectivity index (χ0v) is 24.0. The van der Waals surface area contributed by atoms with Gasteiger partial charge in [-0.05, 0) is 51.4 Å². The van der Waals surface area contributed by atoms with Crippen molar-refractivity contribution in [2.45, 2.75) is 53.7 Å². The molecule has 2 atom stereocenters. The van der Waals surface area contributed by atoms with Gasteiger partial charge in [0.25, 0.3) is 0 Å². The highest BCUT2D eigenvalue weighted by molar-refractivity contribution is 7.89. The van der Waals surface area contributed by atoms with Gasteiger partial charge in [-0.15, -0.1) is 0 Å². The van der Waals surface area contributed by atoms with E-state index in [1.165, 1.54) is 29.7 Å². The molecule has 2 aliphatic heterocycles. The van der Waals surface area contributed by atoms with Crippen molar-refractivity contribution in [3.05, 3.63) is 42.2 Å². The van der Waals surface area contributed by atoms with Gasteiger partial charge in [0.2, 0.25) is 20.0 Å². The molecule has 15 heteroatoms. The van der Waals surface area contributed by atoms with Crippen molar-refractivity contribution in [1.82, 2.24) is 29.5 Å². The number of aliphatic hydroxyl groups excluding tert-OH is 1. The molecule has 0 radical (unpaired) electrons. The van der Waals surface area contributed by atoms with Gasteiger partial charge in [0.1, 0.15) is 23.4 Å². The van der Waals surface area contributed by atoms with E-state index < -0.39 is 31.8 Å². The van der Waals surface area contributed by atoms with Gasteiger partial charge in [0, 0.05) is 43.3 Å². The fourth-order valence-corrected chi connectivity index (χ4v) is 7.34. The molecule has 2 fully saturated rings. The standard InChI is InChI=1S/C25H34N6O7S2/c1-17-23-11-22(14-28-24(23)30-29-17)40(35,36)31-8-6-25(7-9-31)12-18(15-38-25)27-13-19(32)16-37-20-4-3-5-21(10-20)39(33,34)26-2/h3-5,10-11,14,18-19,26-27,32H,6-9,12-13,15-16H2,1-2H3,(H,28,29,30)/t18-,19?/m1/s1. The summed E-state index contributed by atoms with van der Waals surface area (Å²) in [6.07, 6.45) is 2.39. The van der Waals surface area contributed by atoms with E-state index in [0.29, 0.717) is 61.4 Å². The highest BCUT2D eigenvalue weighted by Crippen LogP contribution is 2.37. The zero-order valence-electron chi connectivity index (χ0n) is 22.3. The Hall–Kier alpha value is -2.66. The van der Waals surface area contributed by atoms with E-state index in [1.807, 2.05) is 0 Å². The number of benzene rings is 1. The van der Waals surface area contributed by atoms with Crippen molar-refractivity contribution in [2.24, 2.45) is 0 Å². The molecule has 0 aliphatic carbocycles. The van der Waals surface area contributed by atoms with Crippen LogP contribution >= 0.6 is 0 Å². The van der Waals surface area contributed by atoms with E-state index in [9.17, 15) is 21.9 Å². The van der Waals surface area contributed by atoms with Gasteiger partial charge in [-0.3, -0.25) is 5.10 Å². The summed E-state index contributed by atoms with van der Waals surface area (Å²) in [5.41, 5.74) is 0.840. The number of fused-ring (bicyclic) bond motifs is 1. The Morgan fingerprint density at radius 1 is 1.23 bits per heavy atom. The zero-order chi connectivity index (χ0) is 28.5. The molecule has 0 saturated carbocycles. The second-order valence-corrected chi connectivity index (χ2v) is 14.1. The van der Waals surface area contributed by atoms with E-state index in [2.05, 4.69) is 25.2 Å². The summed E-state index contributed by atoms with van der Waals surface area (Å²) in [6, 6.07) is 7.70. The summed E-state index contributed by atoms with van der Waals surface area (Å²) in [5.74, 6) is 0.343. The van der Waals surface area contributed by atoms with Crippen molar-refractivity contribution >= 4 is 31.1 Å². The number of rotatable bonds is 10. The predicted molar refractivity (Wildman–Crippen MR) is 146 cm³/mol. The third kappa shape index (κ3) is 6.00. The minimum absolute atomic E-state index is 0.0116. The monoisotopic (exact) mass is 594 g/mol. The summed E-state index contributed by atoms with van der Waals surface area (Å²) < 4.78 is 66.0. The predicted octanol–water partition coefficient (Wildman–Crippen LogP) is 0.516. The number of aryl methyl sites for hydroxylation is 1. The lowest BCUT2D eigenvalue weighted by Crippen LogP contribution is -2.47. The largest absolute Gasteiger partial charge is 0.491 e. The Kier molecular flexibility index (Phi) is 8.16. The maximum atomic E-state index is 13.3. The van der Waals surface area contributed by atoms with E-state index in [1.54, 1.807) is 25.1 Å². The molecule has 3 aromatic rings. The van der Waals surface area contributed by atoms with Crippen molar-refractivity contribution in [3.8, 4) is 5.75 Å². The molecule has 0 amide bonds. The highest BCUT2D eigenvalue weighted by Gasteiger charge is 2.44. The van der Waals surface area contributed by atoms with Crippen LogP contribution in [0.4, 0.5) is 0 Å². The second kappa shape index (κ2) is 11.3. The van der Waals surface area contributed by atoms with Crippen LogP contribution in [-0.2, 0) is 24.8 Å². The molecule has 1 aromatic carbocycles. The van der Waals surface area contributed by atoms with Gasteiger partial charge in [-0.2, -0.15) is 9.40 Å². The quantitative estimate of drug-likeness (QED) is 0.259. The highest BCUT2D eigenvalue weighted by atomic mass is 32.2. The Morgan fingerprint density at radius 2 is 2.00 bits per heavy atom. The number of sulfonamides is 2. The van der Waals surface area contributed by atoms with Crippen LogP contribution in [0.2, 0.25) is 0 Å². The average Bonchev–Trinajstić information content (AvgIpc) is 3.53. The third-order valence-electron chi connectivity index (χ3n) is 7.53. The number of ether oxygens (including phenoxy) is 2. The first-order valence-corrected chi connectivity index (χ1v) is 16.0. The molecule has 4 N–H and O–H groups in total. The van der Waals surface area contributed by atoms with Crippen LogP contribution in [-0.4, -0.2) is 99.1 Å². The van der Waals surface area contributed by atoms with Crippen LogP contribution in [0.5, 0.6) is 5.75 Å². The molecule has 4 heterocycles. The summed E-state index contributed by atoms with van der Waals surface area (Å²) in [4.78, 5) is 4.45. The van der Waals surface area contributed by atoms with Gasteiger partial charge >= 0.3 is 0 Å². The van der Waals surface area contributed by atoms with Gasteiger partial charge in [0.05, 0.1) is 22.8 Å². The second-order valence-electron chi connectivity index (χ2n) is 10.2. The van der Waals surface area contributed by atoms with Crippen LogP contribution in [0.15, 0.2) is 46.3 Å². The Labute approximate surface area is 233 Å². The third-order valence-corrected chi connectivity index (χ3v) is 10.8. The fourth-order valence-electron chi connectivity index (χ4n) is 5.16. The summed E-state index contributed by atoms with van der Waals surface area (Å²) >= 11 is 0. The average molecular weight is 595 g/mol. The van der Waals surface area contributed by atoms with Crippen molar-refractivity contribution < 1.29 is 31.4 Å². The molecule has 5 rings (SSSR count). The van der Waals surface area contributed by atoms with Crippen LogP contribution in [0.25, 0.3) is 11.0 Å². The lowest BCUT2D eigenvalue weighted by molar-refractivity contribution is -0.0312. The Morgan fingerprint density at radius 3 is 2.75 bits per heavy atom. The molecule has 0 bridgehead atoms. The van der Waals surface area contributed by atoms with E-state index in [4.69, 9.17) is 9.47 Å². The molecule has 2 aliphatic rings. The van der Waals surface area contributed by atoms with Crippen LogP contribution in [0, 0.1) is 6.92 Å². The SMILES string of the molecule is CNS(=O)(=O)c1cccc(OCC(O)CN[C@H]2COC3(CCN(S(=O)(=O)c4cnc5[nH]nc(C)c5c4)CC3)C2)c1. The number of piperidine rings is 1. The van der Waals surface area contributed by atoms with Gasteiger partial charge in [0.15, 0.2) is 5.65 Å². The maximum Gasteiger partial charge on any atom is 0.244 e. The Balaban J connectivity index is 1.09. The number of aromatic amines is 1. The first-order valence-electron chi connectivity index (χ1n) is 13.0. The summed E-state index contributed by atoms with van der Waals surface area (Å²) in [6.45, 7) is 3.20. The van der Waals surface area contributed by atoms with E-state index in [-0.39, 0.29) is 29.0 Å². The molecule has 218 valence electrons. The first kappa shape index (κ1) is 28.9. The maximum absolute atomic E-state index is 13.3. The van der Waals surface area contributed by atoms with Gasteiger partial charge in [-0.25, -0.2) is 26.5 Å². The van der Waals surface area contributed by atoms with E-state index in [0.717, 1.165) is 0 Å². The molecule has 40 heavy (non-hydrogen) atoms. The lowest BCUT2D eigenvalue weighted by atomic mass is 9.88. The summed E-state index contributed by atoms with van der Waals surface area (Å²) in [7, 11) is -5.95. The Bertz CT molecular complexity index is 1570. The molecule has 2 saturated heterocycles. The first-order chi connectivity index (χ1) is 19.0. The molecular weight excluding hydrogens is 560 g/mol. The van der Waals surface area contributed by atoms with Crippen LogP contribution in [0.3, 0.4) is 0 Å². The molecule has 1 unspecified atom stereocenters. The smallest absolute Gasteiger partial charge is 0.244 e. The number of H-pyrrole nitrogens is 1. The van der Waals surface area contributed by atoms with Crippen LogP contribution in [0.1, 0.15) is 25.0 Å². The molecule has 2 aromatic heterocycles. The number of aromatic nitrogens is 3. The number of pyridine rings is 1. The number of hydrogen-bond acceptors (Lipinski definition) is 10. The van der Waals surface area contributed by atoms with Crippen molar-refractivity contribution in [1.29, 1.82) is 0 Å². The van der Waals surface area contributed by atoms with E-state index >= 15 is 0 Å². The normalized spacial score (nSPS) is 20.7. The molecular formula is C25H34N6O7S2. The number of hydrogen-bond donors (Lipinski definition) is 4. The van der Waals surface area contributed by atoms with Gasteiger partial charge in [-0.1, -0.05) is 6.07 Å². The fraction of sp³-hybridized carbons (Fsp3) is 0.520. The minimum atomic E-state index is -3.70. The number of aliphatic hydroxyl groups is 1. The topological polar surface area (TPSA) is 176 Å². The lowest BCUT2D eigenvalue weighted by Gasteiger charge is -2.38.